The third-order valence-corrected chi connectivity index (χ3v) is 5.66. The zero-order valence-electron chi connectivity index (χ0n) is 13.7. The molecule has 2 aliphatic heterocycles. The fourth-order valence-electron chi connectivity index (χ4n) is 4.59. The molecular weight excluding hydrogens is 286 g/mol. The molecule has 4 rings (SSSR count). The van der Waals surface area contributed by atoms with Crippen LogP contribution in [0, 0.1) is 0 Å². The van der Waals surface area contributed by atoms with Crippen molar-refractivity contribution in [1.82, 2.24) is 14.5 Å². The molecule has 2 bridgehead atoms. The topological polar surface area (TPSA) is 41.3 Å². The summed E-state index contributed by atoms with van der Waals surface area (Å²) in [5, 5.41) is 11.3. The Balaban J connectivity index is 1.58. The predicted molar refractivity (Wildman–Crippen MR) is 89.8 cm³/mol. The van der Waals surface area contributed by atoms with Crippen molar-refractivity contribution >= 4 is 0 Å². The van der Waals surface area contributed by atoms with Crippen molar-refractivity contribution in [2.24, 2.45) is 7.05 Å². The molecule has 2 aliphatic rings. The van der Waals surface area contributed by atoms with Gasteiger partial charge in [0.15, 0.2) is 0 Å². The molecule has 2 unspecified atom stereocenters. The Morgan fingerprint density at radius 2 is 1.87 bits per heavy atom. The number of aliphatic hydroxyl groups is 1. The third-order valence-electron chi connectivity index (χ3n) is 5.66. The molecule has 3 heterocycles. The quantitative estimate of drug-likeness (QED) is 0.947. The van der Waals surface area contributed by atoms with Gasteiger partial charge in [-0.15, -0.1) is 0 Å². The Labute approximate surface area is 137 Å². The summed E-state index contributed by atoms with van der Waals surface area (Å²) < 4.78 is 1.97. The number of hydrogen-bond donors (Lipinski definition) is 1. The van der Waals surface area contributed by atoms with Gasteiger partial charge in [-0.1, -0.05) is 36.8 Å². The molecule has 0 aliphatic carbocycles. The highest BCUT2D eigenvalue weighted by atomic mass is 16.3. The van der Waals surface area contributed by atoms with Gasteiger partial charge in [0.2, 0.25) is 0 Å². The first-order valence-electron chi connectivity index (χ1n) is 8.64. The van der Waals surface area contributed by atoms with Gasteiger partial charge in [0, 0.05) is 25.7 Å². The van der Waals surface area contributed by atoms with E-state index in [1.807, 2.05) is 17.8 Å². The minimum absolute atomic E-state index is 0.461. The average molecular weight is 311 g/mol. The van der Waals surface area contributed by atoms with Crippen LogP contribution in [-0.2, 0) is 19.2 Å². The van der Waals surface area contributed by atoms with E-state index in [1.165, 1.54) is 24.8 Å². The largest absolute Gasteiger partial charge is 0.383 e. The summed E-state index contributed by atoms with van der Waals surface area (Å²) in [4.78, 5) is 6.84. The maximum Gasteiger partial charge on any atom is 0.109 e. The van der Waals surface area contributed by atoms with Gasteiger partial charge in [-0.25, -0.2) is 4.98 Å². The number of aromatic nitrogens is 2. The fraction of sp³-hybridized carbons (Fsp3) is 0.526. The summed E-state index contributed by atoms with van der Waals surface area (Å²) in [7, 11) is 1.98. The van der Waals surface area contributed by atoms with Crippen molar-refractivity contribution in [2.45, 2.75) is 56.3 Å². The molecule has 4 heteroatoms. The van der Waals surface area contributed by atoms with E-state index >= 15 is 0 Å². The molecule has 0 amide bonds. The lowest BCUT2D eigenvalue weighted by atomic mass is 9.74. The van der Waals surface area contributed by atoms with Crippen LogP contribution in [0.3, 0.4) is 0 Å². The summed E-state index contributed by atoms with van der Waals surface area (Å²) in [6, 6.07) is 11.6. The molecule has 2 fully saturated rings. The van der Waals surface area contributed by atoms with Crippen molar-refractivity contribution in [3.8, 4) is 0 Å². The van der Waals surface area contributed by atoms with E-state index in [0.29, 0.717) is 12.1 Å². The molecule has 2 saturated heterocycles. The normalized spacial score (nSPS) is 31.2. The van der Waals surface area contributed by atoms with Gasteiger partial charge >= 0.3 is 0 Å². The fourth-order valence-corrected chi connectivity index (χ4v) is 4.59. The molecule has 122 valence electrons. The van der Waals surface area contributed by atoms with E-state index < -0.39 is 5.60 Å². The highest BCUT2D eigenvalue weighted by Crippen LogP contribution is 2.44. The highest BCUT2D eigenvalue weighted by molar-refractivity contribution is 5.18. The summed E-state index contributed by atoms with van der Waals surface area (Å²) in [5.74, 6) is 0. The van der Waals surface area contributed by atoms with Crippen molar-refractivity contribution in [3.05, 3.63) is 54.1 Å². The van der Waals surface area contributed by atoms with E-state index in [2.05, 4.69) is 40.2 Å². The lowest BCUT2D eigenvalue weighted by Crippen LogP contribution is -2.56. The lowest BCUT2D eigenvalue weighted by molar-refractivity contribution is -0.103. The molecule has 0 radical (unpaired) electrons. The Kier molecular flexibility index (Phi) is 3.74. The Morgan fingerprint density at radius 1 is 1.17 bits per heavy atom. The average Bonchev–Trinajstić information content (AvgIpc) is 2.97. The van der Waals surface area contributed by atoms with E-state index in [-0.39, 0.29) is 0 Å². The predicted octanol–water partition coefficient (Wildman–Crippen LogP) is 2.82. The second-order valence-corrected chi connectivity index (χ2v) is 7.23. The summed E-state index contributed by atoms with van der Waals surface area (Å²) >= 11 is 0. The van der Waals surface area contributed by atoms with Crippen LogP contribution >= 0.6 is 0 Å². The van der Waals surface area contributed by atoms with Crippen LogP contribution in [0.4, 0.5) is 0 Å². The first kappa shape index (κ1) is 14.9. The van der Waals surface area contributed by atoms with Crippen LogP contribution in [0.5, 0.6) is 0 Å². The molecule has 1 N–H and O–H groups in total. The van der Waals surface area contributed by atoms with Gasteiger partial charge in [-0.3, -0.25) is 4.90 Å². The Hall–Kier alpha value is -1.65. The number of benzene rings is 1. The van der Waals surface area contributed by atoms with Gasteiger partial charge in [0.05, 0.1) is 18.2 Å². The number of aryl methyl sites for hydroxylation is 1. The first-order chi connectivity index (χ1) is 11.2. The van der Waals surface area contributed by atoms with Gasteiger partial charge in [-0.2, -0.15) is 0 Å². The zero-order chi connectivity index (χ0) is 15.9. The van der Waals surface area contributed by atoms with Gasteiger partial charge in [-0.05, 0) is 31.2 Å². The molecular formula is C19H25N3O. The van der Waals surface area contributed by atoms with Crippen molar-refractivity contribution in [3.63, 3.8) is 0 Å². The van der Waals surface area contributed by atoms with Crippen LogP contribution in [0.25, 0.3) is 0 Å². The maximum atomic E-state index is 11.3. The Morgan fingerprint density at radius 3 is 2.48 bits per heavy atom. The van der Waals surface area contributed by atoms with Crippen molar-refractivity contribution < 1.29 is 5.11 Å². The number of rotatable bonds is 3. The first-order valence-corrected chi connectivity index (χ1v) is 8.64. The molecule has 4 nitrogen and oxygen atoms in total. The molecule has 1 aromatic carbocycles. The number of hydrogen-bond acceptors (Lipinski definition) is 3. The van der Waals surface area contributed by atoms with Crippen molar-refractivity contribution in [2.75, 3.05) is 0 Å². The molecule has 0 saturated carbocycles. The number of nitrogens with zero attached hydrogens (tertiary/aromatic N) is 3. The van der Waals surface area contributed by atoms with Crippen LogP contribution in [-0.4, -0.2) is 31.6 Å². The van der Waals surface area contributed by atoms with E-state index in [4.69, 9.17) is 0 Å². The van der Waals surface area contributed by atoms with Gasteiger partial charge < -0.3 is 9.67 Å². The molecule has 23 heavy (non-hydrogen) atoms. The van der Waals surface area contributed by atoms with Crippen LogP contribution in [0.1, 0.15) is 43.4 Å². The second kappa shape index (κ2) is 5.77. The summed E-state index contributed by atoms with van der Waals surface area (Å²) in [6.07, 6.45) is 8.91. The zero-order valence-corrected chi connectivity index (χ0v) is 13.7. The van der Waals surface area contributed by atoms with Gasteiger partial charge in [0.1, 0.15) is 5.60 Å². The maximum absolute atomic E-state index is 11.3. The SMILES string of the molecule is Cn1cncc1C1(O)CC2CCCC(C1)N2Cc1ccccc1. The van der Waals surface area contributed by atoms with E-state index in [0.717, 1.165) is 25.1 Å². The number of imidazole rings is 1. The highest BCUT2D eigenvalue weighted by Gasteiger charge is 2.47. The third kappa shape index (κ3) is 2.70. The minimum atomic E-state index is -0.728. The molecule has 0 spiro atoms. The van der Waals surface area contributed by atoms with Crippen LogP contribution in [0.15, 0.2) is 42.9 Å². The Bertz CT molecular complexity index is 652. The molecule has 1 aromatic heterocycles. The van der Waals surface area contributed by atoms with Crippen molar-refractivity contribution in [1.29, 1.82) is 0 Å². The van der Waals surface area contributed by atoms with E-state index in [1.54, 1.807) is 6.33 Å². The number of fused-ring (bicyclic) bond motifs is 2. The van der Waals surface area contributed by atoms with Crippen LogP contribution in [0.2, 0.25) is 0 Å². The monoisotopic (exact) mass is 311 g/mol. The number of piperidine rings is 2. The molecule has 2 aromatic rings. The minimum Gasteiger partial charge on any atom is -0.383 e. The van der Waals surface area contributed by atoms with E-state index in [9.17, 15) is 5.11 Å². The second-order valence-electron chi connectivity index (χ2n) is 7.23. The standard InChI is InChI=1S/C19H25N3O/c1-21-14-20-12-18(21)19(23)10-16-8-5-9-17(11-19)22(16)13-15-6-3-2-4-7-15/h2-4,6-7,12,14,16-17,23H,5,8-11,13H2,1H3. The van der Waals surface area contributed by atoms with Gasteiger partial charge in [0.25, 0.3) is 0 Å². The smallest absolute Gasteiger partial charge is 0.109 e. The molecule has 2 atom stereocenters. The lowest BCUT2D eigenvalue weighted by Gasteiger charge is -2.52. The summed E-state index contributed by atoms with van der Waals surface area (Å²) in [6.45, 7) is 0.998. The summed E-state index contributed by atoms with van der Waals surface area (Å²) in [5.41, 5.74) is 1.61. The van der Waals surface area contributed by atoms with Crippen LogP contribution < -0.4 is 0 Å².